The maximum Gasteiger partial charge on any atom is 0.516 e. The van der Waals surface area contributed by atoms with Crippen LogP contribution < -0.4 is 14.2 Å². The third-order valence-electron chi connectivity index (χ3n) is 5.91. The zero-order valence-electron chi connectivity index (χ0n) is 21.4. The summed E-state index contributed by atoms with van der Waals surface area (Å²) in [6.07, 6.45) is 10.4. The van der Waals surface area contributed by atoms with Crippen LogP contribution in [0.25, 0.3) is 0 Å². The number of epoxide rings is 1. The lowest BCUT2D eigenvalue weighted by atomic mass is 10.1. The van der Waals surface area contributed by atoms with Crippen molar-refractivity contribution in [2.75, 3.05) is 6.61 Å². The highest BCUT2D eigenvalue weighted by molar-refractivity contribution is 5.91. The Bertz CT molecular complexity index is 924. The lowest BCUT2D eigenvalue weighted by molar-refractivity contribution is 0.0560. The lowest BCUT2D eigenvalue weighted by Crippen LogP contribution is -2.14. The van der Waals surface area contributed by atoms with Gasteiger partial charge in [-0.3, -0.25) is 0 Å². The van der Waals surface area contributed by atoms with Gasteiger partial charge in [0.25, 0.3) is 0 Å². The maximum absolute atomic E-state index is 12.4. The van der Waals surface area contributed by atoms with Gasteiger partial charge < -0.3 is 23.7 Å². The second-order valence-electron chi connectivity index (χ2n) is 9.01. The van der Waals surface area contributed by atoms with Gasteiger partial charge in [-0.2, -0.15) is 0 Å². The molecule has 0 bridgehead atoms. The molecule has 196 valence electrons. The van der Waals surface area contributed by atoms with Crippen molar-refractivity contribution in [3.63, 3.8) is 0 Å². The van der Waals surface area contributed by atoms with Crippen molar-refractivity contribution in [1.82, 2.24) is 0 Å². The molecule has 0 aromatic heterocycles. The molecular formula is C29H38O7. The van der Waals surface area contributed by atoms with Crippen molar-refractivity contribution < 1.29 is 33.3 Å². The molecule has 2 aromatic rings. The first-order valence-corrected chi connectivity index (χ1v) is 13.2. The molecule has 36 heavy (non-hydrogen) atoms. The van der Waals surface area contributed by atoms with Crippen LogP contribution >= 0.6 is 0 Å². The van der Waals surface area contributed by atoms with Gasteiger partial charge in [-0.1, -0.05) is 65.2 Å². The fourth-order valence-electron chi connectivity index (χ4n) is 3.79. The molecule has 0 radical (unpaired) electrons. The van der Waals surface area contributed by atoms with Crippen molar-refractivity contribution in [3.8, 4) is 17.2 Å². The molecule has 1 aliphatic rings. The summed E-state index contributed by atoms with van der Waals surface area (Å²) in [5.74, 6) is 0.876. The van der Waals surface area contributed by atoms with Crippen molar-refractivity contribution in [2.45, 2.75) is 90.4 Å². The SMILES string of the molecule is CCCCCCCCCCOc1ccc(C(=O)Oc2ccc(OC(=O)O[C@H]3O[C@H]3CCC)cc2)cc1. The topological polar surface area (TPSA) is 83.6 Å². The van der Waals surface area contributed by atoms with Gasteiger partial charge in [0.15, 0.2) is 0 Å². The summed E-state index contributed by atoms with van der Waals surface area (Å²) in [6.45, 7) is 4.94. The predicted octanol–water partition coefficient (Wildman–Crippen LogP) is 7.47. The first-order valence-electron chi connectivity index (χ1n) is 13.2. The van der Waals surface area contributed by atoms with Crippen LogP contribution in [-0.2, 0) is 9.47 Å². The third-order valence-corrected chi connectivity index (χ3v) is 5.91. The fourth-order valence-corrected chi connectivity index (χ4v) is 3.79. The van der Waals surface area contributed by atoms with Crippen LogP contribution in [0.4, 0.5) is 4.79 Å². The van der Waals surface area contributed by atoms with E-state index in [1.165, 1.54) is 57.1 Å². The van der Waals surface area contributed by atoms with E-state index in [9.17, 15) is 9.59 Å². The number of hydrogen-bond donors (Lipinski definition) is 0. The van der Waals surface area contributed by atoms with E-state index in [4.69, 9.17) is 23.7 Å². The molecule has 0 amide bonds. The van der Waals surface area contributed by atoms with E-state index in [1.807, 2.05) is 6.92 Å². The summed E-state index contributed by atoms with van der Waals surface area (Å²) in [5, 5.41) is 0. The first kappa shape index (κ1) is 27.5. The predicted molar refractivity (Wildman–Crippen MR) is 137 cm³/mol. The van der Waals surface area contributed by atoms with Crippen molar-refractivity contribution in [2.24, 2.45) is 0 Å². The van der Waals surface area contributed by atoms with E-state index in [1.54, 1.807) is 36.4 Å². The highest BCUT2D eigenvalue weighted by atomic mass is 16.8. The Hall–Kier alpha value is -3.06. The largest absolute Gasteiger partial charge is 0.516 e. The van der Waals surface area contributed by atoms with E-state index in [-0.39, 0.29) is 11.9 Å². The van der Waals surface area contributed by atoms with Crippen molar-refractivity contribution in [3.05, 3.63) is 54.1 Å². The van der Waals surface area contributed by atoms with E-state index in [2.05, 4.69) is 6.92 Å². The number of carbonyl (C=O) groups excluding carboxylic acids is 2. The molecule has 2 aromatic carbocycles. The van der Waals surface area contributed by atoms with Crippen LogP contribution in [0.5, 0.6) is 17.2 Å². The molecule has 0 aliphatic carbocycles. The monoisotopic (exact) mass is 498 g/mol. The molecule has 7 heteroatoms. The Balaban J connectivity index is 1.33. The summed E-state index contributed by atoms with van der Waals surface area (Å²) in [4.78, 5) is 24.3. The Morgan fingerprint density at radius 3 is 1.94 bits per heavy atom. The van der Waals surface area contributed by atoms with Crippen LogP contribution in [0.3, 0.4) is 0 Å². The molecule has 1 saturated heterocycles. The number of unbranched alkanes of at least 4 members (excludes halogenated alkanes) is 7. The van der Waals surface area contributed by atoms with Crippen LogP contribution in [-0.4, -0.2) is 31.1 Å². The normalized spacial score (nSPS) is 16.3. The van der Waals surface area contributed by atoms with E-state index in [0.29, 0.717) is 17.9 Å². The average Bonchev–Trinajstić information content (AvgIpc) is 3.61. The number of benzene rings is 2. The smallest absolute Gasteiger partial charge is 0.494 e. The Labute approximate surface area is 214 Å². The van der Waals surface area contributed by atoms with Gasteiger partial charge in [-0.25, -0.2) is 9.59 Å². The maximum atomic E-state index is 12.4. The molecule has 0 saturated carbocycles. The Kier molecular flexibility index (Phi) is 11.6. The molecule has 7 nitrogen and oxygen atoms in total. The molecule has 2 atom stereocenters. The van der Waals surface area contributed by atoms with Crippen LogP contribution in [0.1, 0.15) is 88.4 Å². The Morgan fingerprint density at radius 1 is 0.722 bits per heavy atom. The van der Waals surface area contributed by atoms with Gasteiger partial charge in [0.1, 0.15) is 23.4 Å². The molecule has 0 spiro atoms. The lowest BCUT2D eigenvalue weighted by Gasteiger charge is -2.08. The van der Waals surface area contributed by atoms with Crippen LogP contribution in [0.2, 0.25) is 0 Å². The molecule has 1 aliphatic heterocycles. The van der Waals surface area contributed by atoms with Crippen molar-refractivity contribution in [1.29, 1.82) is 0 Å². The number of esters is 1. The van der Waals surface area contributed by atoms with E-state index >= 15 is 0 Å². The number of carbonyl (C=O) groups is 2. The highest BCUT2D eigenvalue weighted by Crippen LogP contribution is 2.28. The minimum Gasteiger partial charge on any atom is -0.494 e. The quantitative estimate of drug-likeness (QED) is 0.0780. The summed E-state index contributed by atoms with van der Waals surface area (Å²) in [6, 6.07) is 13.1. The molecule has 1 heterocycles. The van der Waals surface area contributed by atoms with E-state index < -0.39 is 18.4 Å². The summed E-state index contributed by atoms with van der Waals surface area (Å²) < 4.78 is 26.6. The van der Waals surface area contributed by atoms with E-state index in [0.717, 1.165) is 25.0 Å². The molecular weight excluding hydrogens is 460 g/mol. The van der Waals surface area contributed by atoms with Gasteiger partial charge >= 0.3 is 12.1 Å². The van der Waals surface area contributed by atoms with Gasteiger partial charge in [0.2, 0.25) is 6.29 Å². The number of rotatable bonds is 16. The molecule has 0 N–H and O–H groups in total. The molecule has 1 fully saturated rings. The van der Waals surface area contributed by atoms with Crippen LogP contribution in [0, 0.1) is 0 Å². The third kappa shape index (κ3) is 9.90. The highest BCUT2D eigenvalue weighted by Gasteiger charge is 2.42. The van der Waals surface area contributed by atoms with Crippen molar-refractivity contribution >= 4 is 12.1 Å². The summed E-state index contributed by atoms with van der Waals surface area (Å²) in [5.41, 5.74) is 0.421. The zero-order valence-corrected chi connectivity index (χ0v) is 21.4. The van der Waals surface area contributed by atoms with Crippen LogP contribution in [0.15, 0.2) is 48.5 Å². The number of hydrogen-bond acceptors (Lipinski definition) is 7. The fraction of sp³-hybridized carbons (Fsp3) is 0.517. The zero-order chi connectivity index (χ0) is 25.6. The van der Waals surface area contributed by atoms with Gasteiger partial charge in [-0.05, 0) is 61.4 Å². The first-order chi connectivity index (χ1) is 17.6. The summed E-state index contributed by atoms with van der Waals surface area (Å²) >= 11 is 0. The second-order valence-corrected chi connectivity index (χ2v) is 9.01. The standard InChI is InChI=1S/C29H38O7/c1-3-5-6-7-8-9-10-11-21-32-23-15-13-22(14-16-23)27(30)33-24-17-19-25(20-18-24)34-29(31)36-28-26(35-28)12-4-2/h13-20,26,28H,3-12,21H2,1-2H3/t26-,28+/m0/s1. The second kappa shape index (κ2) is 15.1. The Morgan fingerprint density at radius 2 is 1.31 bits per heavy atom. The number of ether oxygens (including phenoxy) is 5. The average molecular weight is 499 g/mol. The molecule has 0 unspecified atom stereocenters. The minimum absolute atomic E-state index is 0.0418. The van der Waals surface area contributed by atoms with Gasteiger partial charge in [-0.15, -0.1) is 0 Å². The summed E-state index contributed by atoms with van der Waals surface area (Å²) in [7, 11) is 0. The minimum atomic E-state index is -0.826. The van der Waals surface area contributed by atoms with Gasteiger partial charge in [0.05, 0.1) is 12.2 Å². The molecule has 3 rings (SSSR count). The van der Waals surface area contributed by atoms with Gasteiger partial charge in [0, 0.05) is 0 Å².